The molecule has 0 aromatic heterocycles. The van der Waals surface area contributed by atoms with Gasteiger partial charge in [-0.15, -0.1) is 0 Å². The molecule has 1 fully saturated rings. The molecule has 28 heavy (non-hydrogen) atoms. The van der Waals surface area contributed by atoms with Gasteiger partial charge in [-0.3, -0.25) is 9.89 Å². The third-order valence-electron chi connectivity index (χ3n) is 5.45. The summed E-state index contributed by atoms with van der Waals surface area (Å²) in [4.78, 5) is 9.42. The Balaban J connectivity index is 1.91. The Morgan fingerprint density at radius 2 is 1.89 bits per heavy atom. The molecule has 1 aliphatic heterocycles. The number of likely N-dealkylation sites (N-methyl/N-ethyl adjacent to an activating group) is 1. The highest BCUT2D eigenvalue weighted by Crippen LogP contribution is 2.20. The summed E-state index contributed by atoms with van der Waals surface area (Å²) < 4.78 is 5.79. The first-order chi connectivity index (χ1) is 13.4. The van der Waals surface area contributed by atoms with Crippen molar-refractivity contribution >= 4 is 5.96 Å². The number of aryl methyl sites for hydroxylation is 1. The smallest absolute Gasteiger partial charge is 0.191 e. The number of guanidine groups is 1. The van der Waals surface area contributed by atoms with Crippen LogP contribution in [0.15, 0.2) is 23.2 Å². The number of aliphatic imine (C=N–C) groups is 1. The maximum atomic E-state index is 5.79. The Bertz CT molecular complexity index is 623. The van der Waals surface area contributed by atoms with Gasteiger partial charge in [0.15, 0.2) is 5.96 Å². The van der Waals surface area contributed by atoms with Crippen LogP contribution in [0.4, 0.5) is 0 Å². The molecule has 2 N–H and O–H groups in total. The van der Waals surface area contributed by atoms with Gasteiger partial charge in [0, 0.05) is 57.9 Å². The van der Waals surface area contributed by atoms with Crippen molar-refractivity contribution in [2.75, 3.05) is 53.4 Å². The lowest BCUT2D eigenvalue weighted by atomic mass is 10.0. The van der Waals surface area contributed by atoms with Crippen molar-refractivity contribution in [3.05, 3.63) is 29.3 Å². The van der Waals surface area contributed by atoms with Gasteiger partial charge in [-0.25, -0.2) is 0 Å². The van der Waals surface area contributed by atoms with Crippen LogP contribution in [0.3, 0.4) is 0 Å². The first-order valence-corrected chi connectivity index (χ1v) is 10.5. The zero-order valence-corrected chi connectivity index (χ0v) is 18.6. The highest BCUT2D eigenvalue weighted by atomic mass is 16.5. The van der Waals surface area contributed by atoms with Crippen LogP contribution in [0.5, 0.6) is 5.75 Å². The summed E-state index contributed by atoms with van der Waals surface area (Å²) in [5.41, 5.74) is 2.36. The number of nitrogens with one attached hydrogen (secondary N) is 2. The van der Waals surface area contributed by atoms with Crippen LogP contribution in [-0.4, -0.2) is 75.2 Å². The Labute approximate surface area is 171 Å². The van der Waals surface area contributed by atoms with E-state index in [1.165, 1.54) is 5.56 Å². The normalized spacial score (nSPS) is 17.6. The number of benzene rings is 1. The zero-order chi connectivity index (χ0) is 20.5. The molecule has 1 aliphatic rings. The molecular weight excluding hydrogens is 350 g/mol. The first-order valence-electron chi connectivity index (χ1n) is 10.5. The molecule has 158 valence electrons. The lowest BCUT2D eigenvalue weighted by Crippen LogP contribution is -2.55. The van der Waals surface area contributed by atoms with Crippen LogP contribution in [0.25, 0.3) is 0 Å². The fourth-order valence-corrected chi connectivity index (χ4v) is 3.64. The molecule has 2 rings (SSSR count). The van der Waals surface area contributed by atoms with E-state index in [0.29, 0.717) is 25.1 Å². The molecule has 6 heteroatoms. The predicted octanol–water partition coefficient (Wildman–Crippen LogP) is 2.33. The van der Waals surface area contributed by atoms with Gasteiger partial charge in [-0.2, -0.15) is 0 Å². The average Bonchev–Trinajstić information content (AvgIpc) is 2.67. The number of hydrogen-bond acceptors (Lipinski definition) is 4. The predicted molar refractivity (Wildman–Crippen MR) is 118 cm³/mol. The van der Waals surface area contributed by atoms with Crippen molar-refractivity contribution in [1.29, 1.82) is 0 Å². The van der Waals surface area contributed by atoms with Gasteiger partial charge in [0.2, 0.25) is 0 Å². The van der Waals surface area contributed by atoms with E-state index in [-0.39, 0.29) is 0 Å². The summed E-state index contributed by atoms with van der Waals surface area (Å²) in [7, 11) is 4.03. The Kier molecular flexibility index (Phi) is 9.06. The van der Waals surface area contributed by atoms with E-state index >= 15 is 0 Å². The van der Waals surface area contributed by atoms with Crippen LogP contribution in [-0.2, 0) is 6.54 Å². The van der Waals surface area contributed by atoms with Gasteiger partial charge in [0.05, 0.1) is 6.61 Å². The minimum absolute atomic E-state index is 0.505. The summed E-state index contributed by atoms with van der Waals surface area (Å²) in [5, 5.41) is 6.98. The van der Waals surface area contributed by atoms with Crippen molar-refractivity contribution in [2.45, 2.75) is 40.3 Å². The standard InChI is InChI=1S/C22H39N5O/c1-7-28-21-14-18(4)8-9-19(21)15-24-22(23-5)25-16-20(17(2)3)27-12-10-26(6)11-13-27/h8-9,14,17,20H,7,10-13,15-16H2,1-6H3,(H2,23,24,25). The number of hydrogen-bond donors (Lipinski definition) is 2. The Morgan fingerprint density at radius 1 is 1.18 bits per heavy atom. The largest absolute Gasteiger partial charge is 0.494 e. The minimum atomic E-state index is 0.505. The lowest BCUT2D eigenvalue weighted by Gasteiger charge is -2.40. The quantitative estimate of drug-likeness (QED) is 0.528. The molecule has 6 nitrogen and oxygen atoms in total. The molecule has 1 unspecified atom stereocenters. The van der Waals surface area contributed by atoms with Gasteiger partial charge in [-0.1, -0.05) is 26.0 Å². The second-order valence-electron chi connectivity index (χ2n) is 8.00. The third kappa shape index (κ3) is 6.67. The molecule has 1 heterocycles. The molecule has 0 amide bonds. The molecule has 0 saturated carbocycles. The minimum Gasteiger partial charge on any atom is -0.494 e. The van der Waals surface area contributed by atoms with Crippen molar-refractivity contribution in [1.82, 2.24) is 20.4 Å². The van der Waals surface area contributed by atoms with E-state index in [9.17, 15) is 0 Å². The van der Waals surface area contributed by atoms with Gasteiger partial charge >= 0.3 is 0 Å². The maximum absolute atomic E-state index is 5.79. The number of rotatable bonds is 8. The highest BCUT2D eigenvalue weighted by molar-refractivity contribution is 5.79. The maximum Gasteiger partial charge on any atom is 0.191 e. The van der Waals surface area contributed by atoms with E-state index in [1.54, 1.807) is 0 Å². The van der Waals surface area contributed by atoms with E-state index in [4.69, 9.17) is 4.74 Å². The lowest BCUT2D eigenvalue weighted by molar-refractivity contribution is 0.0900. The van der Waals surface area contributed by atoms with Crippen LogP contribution in [0.2, 0.25) is 0 Å². The fraction of sp³-hybridized carbons (Fsp3) is 0.682. The summed E-state index contributed by atoms with van der Waals surface area (Å²) in [6.45, 7) is 15.5. The van der Waals surface area contributed by atoms with Crippen molar-refractivity contribution < 1.29 is 4.74 Å². The van der Waals surface area contributed by atoms with Crippen molar-refractivity contribution in [2.24, 2.45) is 10.9 Å². The molecular formula is C22H39N5O. The Morgan fingerprint density at radius 3 is 2.50 bits per heavy atom. The summed E-state index contributed by atoms with van der Waals surface area (Å²) in [5.74, 6) is 2.38. The number of nitrogens with zero attached hydrogens (tertiary/aromatic N) is 3. The summed E-state index contributed by atoms with van der Waals surface area (Å²) >= 11 is 0. The third-order valence-corrected chi connectivity index (χ3v) is 5.45. The second kappa shape index (κ2) is 11.3. The van der Waals surface area contributed by atoms with E-state index in [2.05, 4.69) is 71.4 Å². The van der Waals surface area contributed by atoms with E-state index in [0.717, 1.165) is 50.0 Å². The molecule has 0 radical (unpaired) electrons. The van der Waals surface area contributed by atoms with Gasteiger partial charge in [0.1, 0.15) is 5.75 Å². The summed E-state index contributed by atoms with van der Waals surface area (Å²) in [6.07, 6.45) is 0. The highest BCUT2D eigenvalue weighted by Gasteiger charge is 2.25. The molecule has 1 aromatic carbocycles. The summed E-state index contributed by atoms with van der Waals surface area (Å²) in [6, 6.07) is 6.85. The van der Waals surface area contributed by atoms with Crippen molar-refractivity contribution in [3.8, 4) is 5.75 Å². The monoisotopic (exact) mass is 389 g/mol. The second-order valence-corrected chi connectivity index (χ2v) is 8.00. The topological polar surface area (TPSA) is 52.1 Å². The van der Waals surface area contributed by atoms with Gasteiger partial charge in [0.25, 0.3) is 0 Å². The zero-order valence-electron chi connectivity index (χ0n) is 18.6. The fourth-order valence-electron chi connectivity index (χ4n) is 3.64. The molecule has 1 atom stereocenters. The molecule has 1 aromatic rings. The van der Waals surface area contributed by atoms with Crippen molar-refractivity contribution in [3.63, 3.8) is 0 Å². The van der Waals surface area contributed by atoms with E-state index in [1.807, 2.05) is 14.0 Å². The molecule has 0 bridgehead atoms. The van der Waals surface area contributed by atoms with Crippen LogP contribution < -0.4 is 15.4 Å². The van der Waals surface area contributed by atoms with Crippen LogP contribution >= 0.6 is 0 Å². The van der Waals surface area contributed by atoms with Gasteiger partial charge in [-0.05, 0) is 38.4 Å². The Hall–Kier alpha value is -1.79. The van der Waals surface area contributed by atoms with Gasteiger partial charge < -0.3 is 20.3 Å². The van der Waals surface area contributed by atoms with E-state index < -0.39 is 0 Å². The number of piperazine rings is 1. The van der Waals surface area contributed by atoms with Crippen LogP contribution in [0.1, 0.15) is 31.9 Å². The molecule has 1 saturated heterocycles. The average molecular weight is 390 g/mol. The van der Waals surface area contributed by atoms with Crippen LogP contribution in [0, 0.1) is 12.8 Å². The molecule has 0 spiro atoms. The first kappa shape index (κ1) is 22.5. The SMILES string of the molecule is CCOc1cc(C)ccc1CNC(=NC)NCC(C(C)C)N1CCN(C)CC1. The molecule has 0 aliphatic carbocycles. The number of ether oxygens (including phenoxy) is 1.